The van der Waals surface area contributed by atoms with Crippen LogP contribution in [0.3, 0.4) is 0 Å². The van der Waals surface area contributed by atoms with Gasteiger partial charge in [-0.1, -0.05) is 18.2 Å². The lowest BCUT2D eigenvalue weighted by atomic mass is 10.2. The number of halogens is 1. The molecule has 0 saturated carbocycles. The van der Waals surface area contributed by atoms with Crippen LogP contribution in [-0.4, -0.2) is 34.0 Å². The summed E-state index contributed by atoms with van der Waals surface area (Å²) in [5.41, 5.74) is 3.17. The van der Waals surface area contributed by atoms with Gasteiger partial charge in [0.1, 0.15) is 0 Å². The van der Waals surface area contributed by atoms with Crippen LogP contribution >= 0.6 is 12.4 Å². The van der Waals surface area contributed by atoms with Crippen molar-refractivity contribution in [2.24, 2.45) is 0 Å². The third kappa shape index (κ3) is 2.91. The van der Waals surface area contributed by atoms with Gasteiger partial charge in [-0.15, -0.1) is 12.4 Å². The summed E-state index contributed by atoms with van der Waals surface area (Å²) in [6.45, 7) is 3.03. The number of nitrogens with one attached hydrogen (secondary N) is 1. The highest BCUT2D eigenvalue weighted by atomic mass is 35.5. The SMILES string of the molecule is CC(=O)N1CCc2ccc(S(=O)(=O)N3CCNc4ccccc43)cc21.Cl. The summed E-state index contributed by atoms with van der Waals surface area (Å²) in [6.07, 6.45) is 0.756. The number of anilines is 3. The van der Waals surface area contributed by atoms with Crippen LogP contribution in [0.4, 0.5) is 17.1 Å². The van der Waals surface area contributed by atoms with Crippen molar-refractivity contribution in [3.05, 3.63) is 48.0 Å². The molecule has 0 radical (unpaired) electrons. The van der Waals surface area contributed by atoms with E-state index in [0.29, 0.717) is 31.0 Å². The number of nitrogens with zero attached hydrogens (tertiary/aromatic N) is 2. The smallest absolute Gasteiger partial charge is 0.264 e. The summed E-state index contributed by atoms with van der Waals surface area (Å²) in [4.78, 5) is 13.7. The van der Waals surface area contributed by atoms with Gasteiger partial charge in [-0.05, 0) is 36.2 Å². The summed E-state index contributed by atoms with van der Waals surface area (Å²) in [6, 6.07) is 12.5. The van der Waals surface area contributed by atoms with Crippen molar-refractivity contribution in [1.82, 2.24) is 0 Å². The summed E-state index contributed by atoms with van der Waals surface area (Å²) < 4.78 is 27.9. The van der Waals surface area contributed by atoms with Crippen LogP contribution in [0.15, 0.2) is 47.4 Å². The van der Waals surface area contributed by atoms with E-state index in [9.17, 15) is 13.2 Å². The lowest BCUT2D eigenvalue weighted by Crippen LogP contribution is -2.38. The van der Waals surface area contributed by atoms with E-state index in [2.05, 4.69) is 5.32 Å². The first-order chi connectivity index (χ1) is 12.0. The largest absolute Gasteiger partial charge is 0.382 e. The van der Waals surface area contributed by atoms with Gasteiger partial charge in [0.25, 0.3) is 10.0 Å². The number of sulfonamides is 1. The van der Waals surface area contributed by atoms with Crippen LogP contribution in [0.2, 0.25) is 0 Å². The van der Waals surface area contributed by atoms with E-state index in [0.717, 1.165) is 17.7 Å². The molecule has 0 bridgehead atoms. The molecule has 26 heavy (non-hydrogen) atoms. The molecule has 2 aromatic rings. The molecular formula is C18H20ClN3O3S. The van der Waals surface area contributed by atoms with Gasteiger partial charge in [-0.2, -0.15) is 0 Å². The van der Waals surface area contributed by atoms with E-state index in [1.54, 1.807) is 23.1 Å². The Kier molecular flexibility index (Phi) is 4.86. The second-order valence-corrected chi connectivity index (χ2v) is 8.09. The molecule has 0 fully saturated rings. The summed E-state index contributed by atoms with van der Waals surface area (Å²) in [5, 5.41) is 3.22. The second-order valence-electron chi connectivity index (χ2n) is 6.23. The minimum absolute atomic E-state index is 0. The molecular weight excluding hydrogens is 374 g/mol. The van der Waals surface area contributed by atoms with Crippen molar-refractivity contribution < 1.29 is 13.2 Å². The summed E-state index contributed by atoms with van der Waals surface area (Å²) >= 11 is 0. The Morgan fingerprint density at radius 2 is 1.85 bits per heavy atom. The van der Waals surface area contributed by atoms with Crippen molar-refractivity contribution in [3.63, 3.8) is 0 Å². The molecule has 0 aromatic heterocycles. The lowest BCUT2D eigenvalue weighted by molar-refractivity contribution is -0.116. The maximum atomic E-state index is 13.2. The van der Waals surface area contributed by atoms with Crippen molar-refractivity contribution in [3.8, 4) is 0 Å². The number of amides is 1. The van der Waals surface area contributed by atoms with Gasteiger partial charge in [0.2, 0.25) is 5.91 Å². The van der Waals surface area contributed by atoms with Gasteiger partial charge in [0.05, 0.1) is 22.8 Å². The van der Waals surface area contributed by atoms with Crippen molar-refractivity contribution in [1.29, 1.82) is 0 Å². The third-order valence-electron chi connectivity index (χ3n) is 4.72. The Labute approximate surface area is 159 Å². The second kappa shape index (κ2) is 6.81. The van der Waals surface area contributed by atoms with E-state index in [-0.39, 0.29) is 23.2 Å². The van der Waals surface area contributed by atoms with Gasteiger partial charge < -0.3 is 10.2 Å². The highest BCUT2D eigenvalue weighted by Gasteiger charge is 2.31. The maximum Gasteiger partial charge on any atom is 0.264 e. The molecule has 1 amide bonds. The van der Waals surface area contributed by atoms with Crippen molar-refractivity contribution in [2.75, 3.05) is 34.2 Å². The number of carbonyl (C=O) groups is 1. The summed E-state index contributed by atoms with van der Waals surface area (Å²) in [5.74, 6) is -0.0687. The average molecular weight is 394 g/mol. The lowest BCUT2D eigenvalue weighted by Gasteiger charge is -2.31. The molecule has 0 atom stereocenters. The van der Waals surface area contributed by atoms with Gasteiger partial charge in [0, 0.05) is 25.7 Å². The standard InChI is InChI=1S/C18H19N3O3S.ClH/c1-13(22)20-10-8-14-6-7-15(12-18(14)20)25(23,24)21-11-9-19-16-4-2-3-5-17(16)21;/h2-7,12,19H,8-11H2,1H3;1H. The Morgan fingerprint density at radius 3 is 2.62 bits per heavy atom. The molecule has 2 aromatic carbocycles. The fraction of sp³-hybridized carbons (Fsp3) is 0.278. The predicted molar refractivity (Wildman–Crippen MR) is 105 cm³/mol. The number of rotatable bonds is 2. The molecule has 2 heterocycles. The molecule has 8 heteroatoms. The Hall–Kier alpha value is -2.25. The van der Waals surface area contributed by atoms with Crippen molar-refractivity contribution >= 4 is 45.4 Å². The molecule has 0 unspecified atom stereocenters. The van der Waals surface area contributed by atoms with E-state index >= 15 is 0 Å². The number of benzene rings is 2. The fourth-order valence-electron chi connectivity index (χ4n) is 3.48. The topological polar surface area (TPSA) is 69.7 Å². The van der Waals surface area contributed by atoms with E-state index < -0.39 is 10.0 Å². The van der Waals surface area contributed by atoms with E-state index in [1.165, 1.54) is 11.2 Å². The van der Waals surface area contributed by atoms with Crippen LogP contribution in [0, 0.1) is 0 Å². The monoisotopic (exact) mass is 393 g/mol. The number of fused-ring (bicyclic) bond motifs is 2. The highest BCUT2D eigenvalue weighted by Crippen LogP contribution is 2.36. The minimum atomic E-state index is -3.69. The summed E-state index contributed by atoms with van der Waals surface area (Å²) in [7, 11) is -3.69. The minimum Gasteiger partial charge on any atom is -0.382 e. The first kappa shape index (κ1) is 18.5. The zero-order valence-corrected chi connectivity index (χ0v) is 15.9. The quantitative estimate of drug-likeness (QED) is 0.851. The first-order valence-corrected chi connectivity index (χ1v) is 9.69. The van der Waals surface area contributed by atoms with Gasteiger partial charge >= 0.3 is 0 Å². The molecule has 1 N–H and O–H groups in total. The van der Waals surface area contributed by atoms with Crippen LogP contribution in [0.25, 0.3) is 0 Å². The van der Waals surface area contributed by atoms with Gasteiger partial charge in [0.15, 0.2) is 0 Å². The molecule has 0 spiro atoms. The Bertz CT molecular complexity index is 962. The van der Waals surface area contributed by atoms with E-state index in [4.69, 9.17) is 0 Å². The van der Waals surface area contributed by atoms with Crippen LogP contribution in [0.5, 0.6) is 0 Å². The zero-order valence-electron chi connectivity index (χ0n) is 14.3. The van der Waals surface area contributed by atoms with Gasteiger partial charge in [-0.25, -0.2) is 8.42 Å². The number of hydrogen-bond acceptors (Lipinski definition) is 4. The normalized spacial score (nSPS) is 15.6. The highest BCUT2D eigenvalue weighted by molar-refractivity contribution is 7.92. The molecule has 138 valence electrons. The van der Waals surface area contributed by atoms with E-state index in [1.807, 2.05) is 24.3 Å². The van der Waals surface area contributed by atoms with Crippen LogP contribution in [0.1, 0.15) is 12.5 Å². The van der Waals surface area contributed by atoms with Crippen LogP contribution in [-0.2, 0) is 21.2 Å². The number of hydrogen-bond donors (Lipinski definition) is 1. The fourth-order valence-corrected chi connectivity index (χ4v) is 4.98. The van der Waals surface area contributed by atoms with Crippen LogP contribution < -0.4 is 14.5 Å². The zero-order chi connectivity index (χ0) is 17.6. The van der Waals surface area contributed by atoms with Crippen molar-refractivity contribution in [2.45, 2.75) is 18.2 Å². The molecule has 6 nitrogen and oxygen atoms in total. The Morgan fingerprint density at radius 1 is 1.08 bits per heavy atom. The molecule has 0 aliphatic carbocycles. The predicted octanol–water partition coefficient (Wildman–Crippen LogP) is 2.64. The van der Waals surface area contributed by atoms with Gasteiger partial charge in [-0.3, -0.25) is 9.10 Å². The third-order valence-corrected chi connectivity index (χ3v) is 6.53. The average Bonchev–Trinajstić information content (AvgIpc) is 3.04. The number of para-hydroxylation sites is 2. The molecule has 2 aliphatic heterocycles. The first-order valence-electron chi connectivity index (χ1n) is 8.25. The molecule has 2 aliphatic rings. The maximum absolute atomic E-state index is 13.2. The Balaban J connectivity index is 0.00000196. The number of carbonyl (C=O) groups excluding carboxylic acids is 1. The molecule has 0 saturated heterocycles. The molecule has 4 rings (SSSR count).